The highest BCUT2D eigenvalue weighted by atomic mass is 79.9. The topological polar surface area (TPSA) is 53.6 Å². The molecule has 0 unspecified atom stereocenters. The minimum absolute atomic E-state index is 0.786. The van der Waals surface area contributed by atoms with Gasteiger partial charge in [0.05, 0.1) is 0 Å². The van der Waals surface area contributed by atoms with Crippen molar-refractivity contribution >= 4 is 15.9 Å². The highest BCUT2D eigenvalue weighted by molar-refractivity contribution is 9.10. The number of imidazole rings is 1. The highest BCUT2D eigenvalue weighted by Gasteiger charge is 2.03. The van der Waals surface area contributed by atoms with Gasteiger partial charge < -0.3 is 10.3 Å². The molecule has 0 atom stereocenters. The second-order valence-electron chi connectivity index (χ2n) is 3.18. The van der Waals surface area contributed by atoms with Crippen molar-refractivity contribution in [1.82, 2.24) is 20.3 Å². The molecule has 78 valence electrons. The Morgan fingerprint density at radius 3 is 3.00 bits per heavy atom. The number of aromatic nitrogens is 3. The number of hydrogen-bond donors (Lipinski definition) is 2. The van der Waals surface area contributed by atoms with Crippen LogP contribution in [0.25, 0.3) is 11.4 Å². The molecule has 0 bridgehead atoms. The molecule has 0 aliphatic rings. The standard InChI is InChI=1S/C10H11BrN4/c1-12-5-9-6-14-10(15-9)7-2-8(11)4-13-3-7/h2-4,6,12H,5H2,1H3,(H,14,15). The molecule has 0 spiro atoms. The Morgan fingerprint density at radius 2 is 2.27 bits per heavy atom. The van der Waals surface area contributed by atoms with Crippen LogP contribution < -0.4 is 5.32 Å². The molecule has 2 heterocycles. The Bertz CT molecular complexity index is 452. The van der Waals surface area contributed by atoms with Crippen molar-refractivity contribution in [3.05, 3.63) is 34.8 Å². The van der Waals surface area contributed by atoms with Crippen LogP contribution in [-0.4, -0.2) is 22.0 Å². The number of rotatable bonds is 3. The summed E-state index contributed by atoms with van der Waals surface area (Å²) in [5.41, 5.74) is 2.04. The number of halogens is 1. The number of nitrogens with zero attached hydrogens (tertiary/aromatic N) is 2. The summed E-state index contributed by atoms with van der Waals surface area (Å²) in [5, 5.41) is 3.06. The predicted molar refractivity (Wildman–Crippen MR) is 62.3 cm³/mol. The molecule has 2 aromatic heterocycles. The van der Waals surface area contributed by atoms with Crippen LogP contribution in [-0.2, 0) is 6.54 Å². The first kappa shape index (κ1) is 10.3. The van der Waals surface area contributed by atoms with E-state index in [0.29, 0.717) is 0 Å². The lowest BCUT2D eigenvalue weighted by Gasteiger charge is -1.97. The van der Waals surface area contributed by atoms with E-state index in [9.17, 15) is 0 Å². The summed E-state index contributed by atoms with van der Waals surface area (Å²) in [6.07, 6.45) is 5.36. The van der Waals surface area contributed by atoms with E-state index >= 15 is 0 Å². The van der Waals surface area contributed by atoms with Gasteiger partial charge in [0, 0.05) is 40.9 Å². The fraction of sp³-hybridized carbons (Fsp3) is 0.200. The third-order valence-electron chi connectivity index (χ3n) is 1.97. The molecule has 0 aliphatic carbocycles. The van der Waals surface area contributed by atoms with E-state index in [4.69, 9.17) is 0 Å². The van der Waals surface area contributed by atoms with Crippen LogP contribution in [0.15, 0.2) is 29.1 Å². The van der Waals surface area contributed by atoms with E-state index < -0.39 is 0 Å². The van der Waals surface area contributed by atoms with Crippen LogP contribution >= 0.6 is 15.9 Å². The Hall–Kier alpha value is -1.20. The maximum absolute atomic E-state index is 4.29. The van der Waals surface area contributed by atoms with Crippen molar-refractivity contribution in [3.63, 3.8) is 0 Å². The van der Waals surface area contributed by atoms with E-state index in [-0.39, 0.29) is 0 Å². The maximum atomic E-state index is 4.29. The molecule has 15 heavy (non-hydrogen) atoms. The van der Waals surface area contributed by atoms with E-state index in [0.717, 1.165) is 28.1 Å². The van der Waals surface area contributed by atoms with Crippen LogP contribution in [0.5, 0.6) is 0 Å². The normalized spacial score (nSPS) is 10.5. The fourth-order valence-corrected chi connectivity index (χ4v) is 1.69. The summed E-state index contributed by atoms with van der Waals surface area (Å²) < 4.78 is 0.951. The Morgan fingerprint density at radius 1 is 1.40 bits per heavy atom. The first-order chi connectivity index (χ1) is 7.29. The largest absolute Gasteiger partial charge is 0.341 e. The average molecular weight is 267 g/mol. The molecule has 0 fully saturated rings. The van der Waals surface area contributed by atoms with Gasteiger partial charge in [-0.05, 0) is 29.0 Å². The van der Waals surface area contributed by atoms with Gasteiger partial charge >= 0.3 is 0 Å². The van der Waals surface area contributed by atoms with Crippen LogP contribution in [0, 0.1) is 0 Å². The van der Waals surface area contributed by atoms with Crippen molar-refractivity contribution in [2.75, 3.05) is 7.05 Å². The van der Waals surface area contributed by atoms with Crippen molar-refractivity contribution in [1.29, 1.82) is 0 Å². The van der Waals surface area contributed by atoms with Crippen molar-refractivity contribution in [2.45, 2.75) is 6.54 Å². The van der Waals surface area contributed by atoms with Crippen LogP contribution in [0.3, 0.4) is 0 Å². The predicted octanol–water partition coefficient (Wildman–Crippen LogP) is 1.95. The molecule has 0 radical (unpaired) electrons. The number of hydrogen-bond acceptors (Lipinski definition) is 3. The summed E-state index contributed by atoms with van der Waals surface area (Å²) >= 11 is 3.38. The second kappa shape index (κ2) is 4.55. The monoisotopic (exact) mass is 266 g/mol. The summed E-state index contributed by atoms with van der Waals surface area (Å²) in [4.78, 5) is 11.6. The zero-order valence-electron chi connectivity index (χ0n) is 8.29. The summed E-state index contributed by atoms with van der Waals surface area (Å²) in [6, 6.07) is 1.98. The lowest BCUT2D eigenvalue weighted by Crippen LogP contribution is -2.04. The van der Waals surface area contributed by atoms with Crippen LogP contribution in [0.4, 0.5) is 0 Å². The summed E-state index contributed by atoms with van der Waals surface area (Å²) in [6.45, 7) is 0.786. The Balaban J connectivity index is 2.29. The molecular formula is C10H11BrN4. The minimum Gasteiger partial charge on any atom is -0.341 e. The Labute approximate surface area is 96.3 Å². The summed E-state index contributed by atoms with van der Waals surface area (Å²) in [5.74, 6) is 0.842. The SMILES string of the molecule is CNCc1cnc(-c2cncc(Br)c2)[nH]1. The third-order valence-corrected chi connectivity index (χ3v) is 2.41. The van der Waals surface area contributed by atoms with Crippen molar-refractivity contribution < 1.29 is 0 Å². The van der Waals surface area contributed by atoms with Gasteiger partial charge in [0.15, 0.2) is 0 Å². The molecule has 0 amide bonds. The first-order valence-electron chi connectivity index (χ1n) is 4.59. The van der Waals surface area contributed by atoms with Crippen LogP contribution in [0.1, 0.15) is 5.69 Å². The van der Waals surface area contributed by atoms with Crippen molar-refractivity contribution in [3.8, 4) is 11.4 Å². The van der Waals surface area contributed by atoms with Crippen LogP contribution in [0.2, 0.25) is 0 Å². The molecular weight excluding hydrogens is 256 g/mol. The molecule has 0 saturated carbocycles. The molecule has 0 saturated heterocycles. The van der Waals surface area contributed by atoms with E-state index in [2.05, 4.69) is 36.2 Å². The maximum Gasteiger partial charge on any atom is 0.139 e. The third kappa shape index (κ3) is 2.43. The first-order valence-corrected chi connectivity index (χ1v) is 5.38. The minimum atomic E-state index is 0.786. The lowest BCUT2D eigenvalue weighted by atomic mass is 10.3. The molecule has 2 N–H and O–H groups in total. The number of pyridine rings is 1. The van der Waals surface area contributed by atoms with Gasteiger partial charge in [-0.15, -0.1) is 0 Å². The zero-order chi connectivity index (χ0) is 10.7. The second-order valence-corrected chi connectivity index (χ2v) is 4.09. The number of nitrogens with one attached hydrogen (secondary N) is 2. The lowest BCUT2D eigenvalue weighted by molar-refractivity contribution is 0.797. The van der Waals surface area contributed by atoms with E-state index in [1.54, 1.807) is 12.4 Å². The Kier molecular flexibility index (Phi) is 3.13. The molecule has 5 heteroatoms. The molecule has 0 aliphatic heterocycles. The number of H-pyrrole nitrogens is 1. The van der Waals surface area contributed by atoms with Gasteiger partial charge in [0.25, 0.3) is 0 Å². The van der Waals surface area contributed by atoms with Gasteiger partial charge in [-0.25, -0.2) is 4.98 Å². The van der Waals surface area contributed by atoms with Gasteiger partial charge in [-0.1, -0.05) is 0 Å². The van der Waals surface area contributed by atoms with Gasteiger partial charge in [-0.3, -0.25) is 4.98 Å². The quantitative estimate of drug-likeness (QED) is 0.893. The number of aromatic amines is 1. The van der Waals surface area contributed by atoms with Gasteiger partial charge in [-0.2, -0.15) is 0 Å². The fourth-order valence-electron chi connectivity index (χ4n) is 1.33. The van der Waals surface area contributed by atoms with E-state index in [1.807, 2.05) is 19.3 Å². The smallest absolute Gasteiger partial charge is 0.139 e. The highest BCUT2D eigenvalue weighted by Crippen LogP contribution is 2.18. The molecule has 0 aromatic carbocycles. The van der Waals surface area contributed by atoms with Crippen molar-refractivity contribution in [2.24, 2.45) is 0 Å². The summed E-state index contributed by atoms with van der Waals surface area (Å²) in [7, 11) is 1.90. The molecule has 2 aromatic rings. The van der Waals surface area contributed by atoms with Gasteiger partial charge in [0.1, 0.15) is 5.82 Å². The van der Waals surface area contributed by atoms with Gasteiger partial charge in [0.2, 0.25) is 0 Å². The molecule has 2 rings (SSSR count). The zero-order valence-corrected chi connectivity index (χ0v) is 9.87. The van der Waals surface area contributed by atoms with E-state index in [1.165, 1.54) is 0 Å². The average Bonchev–Trinajstić information content (AvgIpc) is 2.67. The molecule has 4 nitrogen and oxygen atoms in total.